The van der Waals surface area contributed by atoms with E-state index in [0.29, 0.717) is 17.4 Å². The fourth-order valence-corrected chi connectivity index (χ4v) is 2.14. The lowest BCUT2D eigenvalue weighted by Crippen LogP contribution is -1.97. The van der Waals surface area contributed by atoms with Crippen LogP contribution in [0.1, 0.15) is 11.1 Å². The van der Waals surface area contributed by atoms with Crippen molar-refractivity contribution < 1.29 is 14.6 Å². The summed E-state index contributed by atoms with van der Waals surface area (Å²) >= 11 is 9.36. The van der Waals surface area contributed by atoms with Gasteiger partial charge in [0.2, 0.25) is 0 Å². The van der Waals surface area contributed by atoms with Gasteiger partial charge in [-0.1, -0.05) is 27.5 Å². The zero-order valence-electron chi connectivity index (χ0n) is 10.8. The minimum Gasteiger partial charge on any atom is -0.489 e. The average Bonchev–Trinajstić information content (AvgIpc) is 2.46. The van der Waals surface area contributed by atoms with Crippen LogP contribution in [0.25, 0.3) is 6.08 Å². The second-order valence-corrected chi connectivity index (χ2v) is 5.37. The molecule has 4 nitrogen and oxygen atoms in total. The molecule has 2 rings (SSSR count). The van der Waals surface area contributed by atoms with Crippen molar-refractivity contribution in [1.29, 1.82) is 0 Å². The molecule has 1 N–H and O–H groups in total. The van der Waals surface area contributed by atoms with E-state index < -0.39 is 5.97 Å². The van der Waals surface area contributed by atoms with E-state index in [1.807, 2.05) is 0 Å². The first kappa shape index (κ1) is 15.5. The van der Waals surface area contributed by atoms with E-state index in [0.717, 1.165) is 21.7 Å². The van der Waals surface area contributed by atoms with Crippen molar-refractivity contribution in [1.82, 2.24) is 4.98 Å². The van der Waals surface area contributed by atoms with Crippen LogP contribution in [-0.4, -0.2) is 16.1 Å². The van der Waals surface area contributed by atoms with Gasteiger partial charge in [0, 0.05) is 28.5 Å². The van der Waals surface area contributed by atoms with Crippen LogP contribution in [0.15, 0.2) is 47.2 Å². The fraction of sp³-hybridized carbons (Fsp3) is 0.0667. The standard InChI is InChI=1S/C15H11BrClNO3/c16-13-3-2-12(7-10(13)1-4-15(19)20)21-9-11-5-6-18-8-14(11)17/h1-8H,9H2,(H,19,20)/b4-1+. The monoisotopic (exact) mass is 367 g/mol. The van der Waals surface area contributed by atoms with Crippen molar-refractivity contribution in [3.63, 3.8) is 0 Å². The number of pyridine rings is 1. The molecule has 1 heterocycles. The zero-order valence-corrected chi connectivity index (χ0v) is 13.1. The maximum atomic E-state index is 10.6. The predicted octanol–water partition coefficient (Wildman–Crippen LogP) is 4.17. The fourth-order valence-electron chi connectivity index (χ4n) is 1.58. The van der Waals surface area contributed by atoms with E-state index >= 15 is 0 Å². The molecule has 1 aromatic heterocycles. The maximum absolute atomic E-state index is 10.6. The van der Waals surface area contributed by atoms with Gasteiger partial charge in [0.25, 0.3) is 0 Å². The van der Waals surface area contributed by atoms with Crippen LogP contribution in [0.3, 0.4) is 0 Å². The molecule has 21 heavy (non-hydrogen) atoms. The summed E-state index contributed by atoms with van der Waals surface area (Å²) in [7, 11) is 0. The van der Waals surface area contributed by atoms with Gasteiger partial charge in [-0.2, -0.15) is 0 Å². The molecule has 0 unspecified atom stereocenters. The smallest absolute Gasteiger partial charge is 0.328 e. The number of hydrogen-bond acceptors (Lipinski definition) is 3. The summed E-state index contributed by atoms with van der Waals surface area (Å²) < 4.78 is 6.45. The highest BCUT2D eigenvalue weighted by atomic mass is 79.9. The molecule has 2 aromatic rings. The van der Waals surface area contributed by atoms with Gasteiger partial charge < -0.3 is 9.84 Å². The third-order valence-electron chi connectivity index (χ3n) is 2.62. The molecule has 0 aliphatic heterocycles. The molecule has 0 amide bonds. The molecular formula is C15H11BrClNO3. The van der Waals surface area contributed by atoms with Crippen molar-refractivity contribution in [3.8, 4) is 5.75 Å². The molecule has 0 fully saturated rings. The van der Waals surface area contributed by atoms with E-state index in [1.165, 1.54) is 6.08 Å². The molecule has 0 saturated heterocycles. The quantitative estimate of drug-likeness (QED) is 0.805. The Bertz CT molecular complexity index is 688. The number of aliphatic carboxylic acids is 1. The number of halogens is 2. The van der Waals surface area contributed by atoms with Gasteiger partial charge in [-0.05, 0) is 35.9 Å². The van der Waals surface area contributed by atoms with Gasteiger partial charge in [0.15, 0.2) is 0 Å². The van der Waals surface area contributed by atoms with Crippen molar-refractivity contribution >= 4 is 39.6 Å². The molecule has 0 radical (unpaired) electrons. The Morgan fingerprint density at radius 1 is 1.43 bits per heavy atom. The summed E-state index contributed by atoms with van der Waals surface area (Å²) in [5.74, 6) is -0.382. The molecular weight excluding hydrogens is 358 g/mol. The Balaban J connectivity index is 2.12. The molecule has 0 atom stereocenters. The number of hydrogen-bond donors (Lipinski definition) is 1. The van der Waals surface area contributed by atoms with Gasteiger partial charge in [0.05, 0.1) is 5.02 Å². The molecule has 0 aliphatic rings. The lowest BCUT2D eigenvalue weighted by atomic mass is 10.2. The SMILES string of the molecule is O=C(O)/C=C/c1cc(OCc2ccncc2Cl)ccc1Br. The second kappa shape index (κ2) is 7.24. The number of benzene rings is 1. The molecule has 0 bridgehead atoms. The predicted molar refractivity (Wildman–Crippen MR) is 84.4 cm³/mol. The van der Waals surface area contributed by atoms with E-state index in [9.17, 15) is 4.79 Å². The summed E-state index contributed by atoms with van der Waals surface area (Å²) in [5, 5.41) is 9.21. The van der Waals surface area contributed by atoms with Gasteiger partial charge in [-0.15, -0.1) is 0 Å². The van der Waals surface area contributed by atoms with Gasteiger partial charge in [-0.3, -0.25) is 4.98 Å². The molecule has 0 saturated carbocycles. The Labute approximate surface area is 135 Å². The third kappa shape index (κ3) is 4.58. The van der Waals surface area contributed by atoms with Crippen LogP contribution in [-0.2, 0) is 11.4 Å². The Morgan fingerprint density at radius 2 is 2.24 bits per heavy atom. The highest BCUT2D eigenvalue weighted by Gasteiger charge is 2.04. The number of ether oxygens (including phenoxy) is 1. The Hall–Kier alpha value is -1.85. The summed E-state index contributed by atoms with van der Waals surface area (Å²) in [6.45, 7) is 0.311. The highest BCUT2D eigenvalue weighted by molar-refractivity contribution is 9.10. The Kier molecular flexibility index (Phi) is 5.36. The number of aromatic nitrogens is 1. The van der Waals surface area contributed by atoms with Crippen LogP contribution >= 0.6 is 27.5 Å². The molecule has 6 heteroatoms. The van der Waals surface area contributed by atoms with E-state index in [4.69, 9.17) is 21.4 Å². The van der Waals surface area contributed by atoms with Crippen molar-refractivity contribution in [2.24, 2.45) is 0 Å². The van der Waals surface area contributed by atoms with Gasteiger partial charge in [-0.25, -0.2) is 4.79 Å². The number of carbonyl (C=O) groups is 1. The number of nitrogens with zero attached hydrogens (tertiary/aromatic N) is 1. The molecule has 1 aromatic carbocycles. The van der Waals surface area contributed by atoms with Crippen LogP contribution in [0.5, 0.6) is 5.75 Å². The summed E-state index contributed by atoms with van der Waals surface area (Å²) in [5.41, 5.74) is 1.55. The summed E-state index contributed by atoms with van der Waals surface area (Å²) in [6, 6.07) is 7.12. The Morgan fingerprint density at radius 3 is 2.95 bits per heavy atom. The number of carboxylic acids is 1. The molecule has 0 spiro atoms. The largest absolute Gasteiger partial charge is 0.489 e. The average molecular weight is 369 g/mol. The van der Waals surface area contributed by atoms with Crippen LogP contribution in [0, 0.1) is 0 Å². The third-order valence-corrected chi connectivity index (χ3v) is 3.69. The minimum atomic E-state index is -1.00. The van der Waals surface area contributed by atoms with Crippen molar-refractivity contribution in [2.45, 2.75) is 6.61 Å². The number of rotatable bonds is 5. The maximum Gasteiger partial charge on any atom is 0.328 e. The van der Waals surface area contributed by atoms with E-state index in [1.54, 1.807) is 36.7 Å². The topological polar surface area (TPSA) is 59.4 Å². The lowest BCUT2D eigenvalue weighted by Gasteiger charge is -2.09. The molecule has 108 valence electrons. The summed E-state index contributed by atoms with van der Waals surface area (Å²) in [6.07, 6.45) is 5.78. The first-order valence-corrected chi connectivity index (χ1v) is 7.15. The highest BCUT2D eigenvalue weighted by Crippen LogP contribution is 2.25. The van der Waals surface area contributed by atoms with E-state index in [2.05, 4.69) is 20.9 Å². The summed E-state index contributed by atoms with van der Waals surface area (Å²) in [4.78, 5) is 14.5. The van der Waals surface area contributed by atoms with E-state index in [-0.39, 0.29) is 0 Å². The number of carboxylic acid groups (broad SMARTS) is 1. The van der Waals surface area contributed by atoms with Gasteiger partial charge in [0.1, 0.15) is 12.4 Å². The van der Waals surface area contributed by atoms with Crippen LogP contribution < -0.4 is 4.74 Å². The lowest BCUT2D eigenvalue weighted by molar-refractivity contribution is -0.131. The van der Waals surface area contributed by atoms with Gasteiger partial charge >= 0.3 is 5.97 Å². The van der Waals surface area contributed by atoms with Crippen molar-refractivity contribution in [2.75, 3.05) is 0 Å². The normalized spacial score (nSPS) is 10.8. The first-order valence-electron chi connectivity index (χ1n) is 5.98. The second-order valence-electron chi connectivity index (χ2n) is 4.11. The van der Waals surface area contributed by atoms with Crippen LogP contribution in [0.2, 0.25) is 5.02 Å². The molecule has 0 aliphatic carbocycles. The zero-order chi connectivity index (χ0) is 15.2. The minimum absolute atomic E-state index is 0.311. The first-order chi connectivity index (χ1) is 10.1. The van der Waals surface area contributed by atoms with Crippen LogP contribution in [0.4, 0.5) is 0 Å². The van der Waals surface area contributed by atoms with Crippen molar-refractivity contribution in [3.05, 3.63) is 63.4 Å².